The van der Waals surface area contributed by atoms with Crippen molar-refractivity contribution in [1.82, 2.24) is 10.6 Å². The molecule has 2 saturated carbocycles. The van der Waals surface area contributed by atoms with Crippen molar-refractivity contribution in [3.8, 4) is 17.6 Å². The van der Waals surface area contributed by atoms with E-state index in [1.165, 1.54) is 5.57 Å². The number of hydrogen-bond donors (Lipinski definition) is 11. The quantitative estimate of drug-likeness (QED) is 0.0416. The molecule has 0 saturated heterocycles. The lowest BCUT2D eigenvalue weighted by atomic mass is 9.52. The van der Waals surface area contributed by atoms with E-state index in [1.54, 1.807) is 51.9 Å². The standard InChI is InChI=1S/C65H82N6O9S2/c1-38-8-4-13-45(36-80-48-14-6-9-40(16-23-55(38)74)26-29-81-82-37-48)50-25-28-65(60(50)77)54-22-21-47(73)31-41-10-5-11-42(30-41)32-52(53(34-70-63(67)68)43-17-19-46(72)20-18-43)57(76)35-69-59-58-44(12-7-15-51(58)61(66)71-62(59)78)33-56(75)39(2)49(54)24-27-64(65,3)79/h4-5,7-8,10-13,15-20,30,47-48,50,52-55,57,59-61,69,72-74,76-77,79H,1,9,21-29,31-37,66H2,2-3H3,(H,71,78)(H4,67,68,70)/b8-4+,40-16+,45-13-,49-39+/t47-,48-,50-,52-,53-,54-,55-,57+,59+,60-,61+,64-,65-/m1/s1. The number of guanidine groups is 1. The van der Waals surface area contributed by atoms with Crippen LogP contribution in [-0.2, 0) is 33.6 Å². The van der Waals surface area contributed by atoms with E-state index in [0.29, 0.717) is 78.5 Å². The Balaban J connectivity index is 1.11. The van der Waals surface area contributed by atoms with Gasteiger partial charge in [0, 0.05) is 54.7 Å². The first kappa shape index (κ1) is 61.1. The van der Waals surface area contributed by atoms with Crippen molar-refractivity contribution in [1.29, 1.82) is 0 Å². The van der Waals surface area contributed by atoms with Gasteiger partial charge < -0.3 is 57.9 Å². The number of aliphatic hydroxyl groups excluding tert-OH is 4. The van der Waals surface area contributed by atoms with Gasteiger partial charge in [0.25, 0.3) is 0 Å². The monoisotopic (exact) mass is 1150 g/mol. The zero-order valence-corrected chi connectivity index (χ0v) is 48.8. The van der Waals surface area contributed by atoms with Crippen LogP contribution in [0.5, 0.6) is 5.75 Å². The highest BCUT2D eigenvalue weighted by Crippen LogP contribution is 2.63. The van der Waals surface area contributed by atoms with Crippen LogP contribution < -0.4 is 27.8 Å². The predicted octanol–water partition coefficient (Wildman–Crippen LogP) is 6.72. The van der Waals surface area contributed by atoms with Gasteiger partial charge in [0.15, 0.2) is 11.7 Å². The highest BCUT2D eigenvalue weighted by atomic mass is 33.1. The van der Waals surface area contributed by atoms with E-state index in [2.05, 4.69) is 40.1 Å². The number of phenols is 1. The number of carbonyl (C=O) groups is 2. The predicted molar refractivity (Wildman–Crippen MR) is 325 cm³/mol. The molecule has 14 N–H and O–H groups in total. The molecule has 0 unspecified atom stereocenters. The van der Waals surface area contributed by atoms with Gasteiger partial charge in [0.1, 0.15) is 24.1 Å². The molecule has 4 bridgehead atoms. The van der Waals surface area contributed by atoms with Crippen molar-refractivity contribution in [3.05, 3.63) is 159 Å². The molecule has 82 heavy (non-hydrogen) atoms. The molecule has 6 aliphatic rings. The summed E-state index contributed by atoms with van der Waals surface area (Å²) >= 11 is 0. The smallest absolute Gasteiger partial charge is 0.243 e. The first-order valence-corrected chi connectivity index (χ1v) is 31.4. The summed E-state index contributed by atoms with van der Waals surface area (Å²) in [4.78, 5) is 33.9. The zero-order chi connectivity index (χ0) is 58.3. The van der Waals surface area contributed by atoms with Crippen LogP contribution in [0.4, 0.5) is 0 Å². The number of ether oxygens (including phenoxy) is 1. The number of phenolic OH excluding ortho intramolecular Hbond substituents is 1. The van der Waals surface area contributed by atoms with Gasteiger partial charge in [-0.2, -0.15) is 0 Å². The number of hydrogen-bond acceptors (Lipinski definition) is 14. The fourth-order valence-corrected chi connectivity index (χ4v) is 16.0. The minimum absolute atomic E-state index is 0.0618. The van der Waals surface area contributed by atoms with Gasteiger partial charge in [-0.05, 0) is 152 Å². The number of β-amino-alcohol motifs (C(OH)–C–C–N with tert-alkyl or cyclic N) is 1. The fourth-order valence-electron chi connectivity index (χ4n) is 13.9. The summed E-state index contributed by atoms with van der Waals surface area (Å²) in [5.41, 5.74) is 24.1. The SMILES string of the molecule is C=C1/C=C/C=C(\[C@H]2CC[C@@]3([C@@H]4CC[C@@H](O)Cc5cccc(c5)C[C@H]([C@H](CN=C(N)N)c5ccc(O)cc5)[C@@H](O)CN[C@@H]5C(=O)N[C@H](N)c6cccc(c65)CC(=O)/C(C)=C/4CC[C@@]3(C)O)[C@@H]2O)CO[C@@H]2C#CC/C(=C\C[C@H]1O)CCSSC2. The van der Waals surface area contributed by atoms with Crippen molar-refractivity contribution in [2.75, 3.05) is 31.2 Å². The van der Waals surface area contributed by atoms with Crippen LogP contribution in [0.1, 0.15) is 123 Å². The summed E-state index contributed by atoms with van der Waals surface area (Å²) in [5.74, 6) is 5.58. The minimum atomic E-state index is -1.40. The molecule has 17 heteroatoms. The third-order valence-corrected chi connectivity index (χ3v) is 20.8. The Bertz CT molecular complexity index is 3050. The summed E-state index contributed by atoms with van der Waals surface area (Å²) in [6, 6.07) is 19.1. The minimum Gasteiger partial charge on any atom is -0.508 e. The number of allylic oxidation sites excluding steroid dienone is 5. The number of fused-ring (bicyclic) bond motifs is 7. The van der Waals surface area contributed by atoms with Crippen molar-refractivity contribution in [2.45, 2.75) is 145 Å². The van der Waals surface area contributed by atoms with Gasteiger partial charge in [0.05, 0.1) is 36.6 Å². The highest BCUT2D eigenvalue weighted by Gasteiger charge is 2.64. The molecule has 13 atom stereocenters. The molecule has 0 aromatic heterocycles. The summed E-state index contributed by atoms with van der Waals surface area (Å²) in [5, 5.41) is 78.8. The second-order valence-corrected chi connectivity index (χ2v) is 26.2. The Labute approximate surface area is 490 Å². The van der Waals surface area contributed by atoms with Crippen LogP contribution in [0.3, 0.4) is 0 Å². The summed E-state index contributed by atoms with van der Waals surface area (Å²) < 4.78 is 6.67. The summed E-state index contributed by atoms with van der Waals surface area (Å²) in [6.45, 7) is 8.05. The molecule has 438 valence electrons. The van der Waals surface area contributed by atoms with Crippen molar-refractivity contribution in [2.24, 2.45) is 45.4 Å². The second kappa shape index (κ2) is 27.0. The van der Waals surface area contributed by atoms with Gasteiger partial charge in [-0.3, -0.25) is 19.9 Å². The molecule has 1 spiro atoms. The first-order chi connectivity index (χ1) is 39.3. The third-order valence-electron chi connectivity index (χ3n) is 18.4. The lowest BCUT2D eigenvalue weighted by molar-refractivity contribution is -0.168. The number of aromatic hydroxyl groups is 1. The number of benzene rings is 3. The van der Waals surface area contributed by atoms with E-state index in [4.69, 9.17) is 21.9 Å². The van der Waals surface area contributed by atoms with E-state index in [9.17, 15) is 35.4 Å². The number of amides is 1. The number of aliphatic hydroxyl groups is 5. The Morgan fingerprint density at radius 1 is 0.976 bits per heavy atom. The molecular formula is C65H82N6O9S2. The lowest BCUT2D eigenvalue weighted by Gasteiger charge is -2.56. The number of rotatable bonds is 5. The Morgan fingerprint density at radius 2 is 1.74 bits per heavy atom. The normalized spacial score (nSPS) is 34.7. The van der Waals surface area contributed by atoms with Gasteiger partial charge in [0.2, 0.25) is 5.91 Å². The summed E-state index contributed by atoms with van der Waals surface area (Å²) in [7, 11) is 3.50. The number of carbonyl (C=O) groups excluding carboxylic acids is 2. The molecule has 15 nitrogen and oxygen atoms in total. The largest absolute Gasteiger partial charge is 0.508 e. The van der Waals surface area contributed by atoms with Gasteiger partial charge in [-0.1, -0.05) is 130 Å². The summed E-state index contributed by atoms with van der Waals surface area (Å²) in [6.07, 6.45) is 7.24. The average molecular weight is 1160 g/mol. The number of nitrogens with one attached hydrogen (secondary N) is 2. The van der Waals surface area contributed by atoms with E-state index >= 15 is 4.79 Å². The van der Waals surface area contributed by atoms with E-state index in [-0.39, 0.29) is 69.0 Å². The molecule has 3 aromatic rings. The van der Waals surface area contributed by atoms with E-state index < -0.39 is 77.2 Å². The van der Waals surface area contributed by atoms with Crippen LogP contribution in [0.25, 0.3) is 0 Å². The number of Topliss-reactive ketones (excluding diaryl/α,β-unsaturated/α-hetero) is 1. The van der Waals surface area contributed by atoms with Crippen LogP contribution in [0, 0.1) is 35.0 Å². The van der Waals surface area contributed by atoms with Crippen LogP contribution in [0.2, 0.25) is 0 Å². The number of aliphatic imine (C=N–C) groups is 1. The number of nitrogens with zero attached hydrogens (tertiary/aromatic N) is 1. The van der Waals surface area contributed by atoms with Crippen molar-refractivity contribution >= 4 is 39.2 Å². The Hall–Kier alpha value is -5.49. The molecule has 9 rings (SSSR count). The van der Waals surface area contributed by atoms with E-state index in [1.807, 2.05) is 68.5 Å². The molecule has 0 radical (unpaired) electrons. The molecule has 1 amide bonds. The maximum Gasteiger partial charge on any atom is 0.243 e. The zero-order valence-electron chi connectivity index (χ0n) is 47.1. The van der Waals surface area contributed by atoms with Crippen LogP contribution in [-0.4, -0.2) is 116 Å². The van der Waals surface area contributed by atoms with Crippen molar-refractivity contribution < 1.29 is 45.0 Å². The number of nitrogens with two attached hydrogens (primary N) is 3. The van der Waals surface area contributed by atoms with Crippen LogP contribution >= 0.6 is 21.6 Å². The first-order valence-electron chi connectivity index (χ1n) is 28.9. The van der Waals surface area contributed by atoms with Gasteiger partial charge in [-0.25, -0.2) is 0 Å². The molecule has 2 fully saturated rings. The Morgan fingerprint density at radius 3 is 2.52 bits per heavy atom. The molecular weight excluding hydrogens is 1070 g/mol. The maximum absolute atomic E-state index is 15.2. The lowest BCUT2D eigenvalue weighted by Crippen LogP contribution is -2.59. The van der Waals surface area contributed by atoms with E-state index in [0.717, 1.165) is 40.0 Å². The third kappa shape index (κ3) is 13.8. The maximum atomic E-state index is 15.2. The van der Waals surface area contributed by atoms with Crippen molar-refractivity contribution in [3.63, 3.8) is 0 Å². The van der Waals surface area contributed by atoms with Gasteiger partial charge in [-0.15, -0.1) is 0 Å². The second-order valence-electron chi connectivity index (χ2n) is 23.6. The average Bonchev–Trinajstić information content (AvgIpc) is 1.81. The topological polar surface area (TPSA) is 279 Å². The molecule has 4 heterocycles. The van der Waals surface area contributed by atoms with Gasteiger partial charge >= 0.3 is 0 Å². The molecule has 4 aliphatic heterocycles. The highest BCUT2D eigenvalue weighted by molar-refractivity contribution is 8.76. The molecule has 2 aliphatic carbocycles. The fraction of sp³-hybridized carbons (Fsp3) is 0.492. The Kier molecular flexibility index (Phi) is 20.1. The number of ketones is 1. The van der Waals surface area contributed by atoms with Crippen LogP contribution in [0.15, 0.2) is 130 Å². The molecule has 3 aromatic carbocycles.